The summed E-state index contributed by atoms with van der Waals surface area (Å²) < 4.78 is 11.7. The molecule has 1 aromatic carbocycles. The van der Waals surface area contributed by atoms with Gasteiger partial charge in [-0.15, -0.1) is 0 Å². The first kappa shape index (κ1) is 14.8. The first-order valence-corrected chi connectivity index (χ1v) is 7.18. The van der Waals surface area contributed by atoms with Gasteiger partial charge in [0.25, 0.3) is 0 Å². The van der Waals surface area contributed by atoms with Crippen LogP contribution in [-0.4, -0.2) is 52.9 Å². The number of oxazole rings is 1. The van der Waals surface area contributed by atoms with Crippen LogP contribution in [0.4, 0.5) is 0 Å². The Morgan fingerprint density at radius 3 is 3.09 bits per heavy atom. The quantitative estimate of drug-likeness (QED) is 0.852. The average molecular weight is 306 g/mol. The number of nitrogens with zero attached hydrogens (tertiary/aromatic N) is 2. The van der Waals surface area contributed by atoms with Gasteiger partial charge in [0, 0.05) is 13.1 Å². The number of carbonyl (C=O) groups excluding carboxylic acids is 1. The number of amides is 1. The van der Waals surface area contributed by atoms with E-state index in [4.69, 9.17) is 9.15 Å². The fourth-order valence-corrected chi connectivity index (χ4v) is 2.58. The topological polar surface area (TPSA) is 84.9 Å². The smallest absolute Gasteiger partial charge is 0.408 e. The Bertz CT molecular complexity index is 748. The molecule has 0 bridgehead atoms. The molecule has 118 valence electrons. The summed E-state index contributed by atoms with van der Waals surface area (Å²) >= 11 is 0. The summed E-state index contributed by atoms with van der Waals surface area (Å²) in [5.41, 5.74) is 2.04. The van der Waals surface area contributed by atoms with Crippen LogP contribution in [0.15, 0.2) is 27.4 Å². The van der Waals surface area contributed by atoms with Gasteiger partial charge >= 0.3 is 5.76 Å². The molecule has 3 rings (SSSR count). The molecule has 0 aliphatic carbocycles. The van der Waals surface area contributed by atoms with Crippen molar-refractivity contribution in [2.45, 2.75) is 19.6 Å². The SMILES string of the molecule is Cc1ccc2oc(=O)n(CC(=O)N3CCOCC(O)C3)c2c1. The first-order chi connectivity index (χ1) is 10.5. The normalized spacial score (nSPS) is 19.4. The number of aliphatic hydroxyl groups excluding tert-OH is 1. The molecule has 1 N–H and O–H groups in total. The van der Waals surface area contributed by atoms with Gasteiger partial charge < -0.3 is 19.2 Å². The number of hydrogen-bond donors (Lipinski definition) is 1. The molecule has 0 radical (unpaired) electrons. The largest absolute Gasteiger partial charge is 0.420 e. The van der Waals surface area contributed by atoms with Gasteiger partial charge in [0.1, 0.15) is 6.54 Å². The number of benzene rings is 1. The minimum atomic E-state index is -0.702. The van der Waals surface area contributed by atoms with Gasteiger partial charge in [-0.25, -0.2) is 4.79 Å². The van der Waals surface area contributed by atoms with E-state index in [-0.39, 0.29) is 25.6 Å². The maximum absolute atomic E-state index is 12.4. The predicted molar refractivity (Wildman–Crippen MR) is 78.6 cm³/mol. The molecule has 1 aliphatic rings. The van der Waals surface area contributed by atoms with Crippen LogP contribution in [0.2, 0.25) is 0 Å². The zero-order chi connectivity index (χ0) is 15.7. The second-order valence-electron chi connectivity index (χ2n) is 5.49. The predicted octanol–water partition coefficient (Wildman–Crippen LogP) is 0.123. The van der Waals surface area contributed by atoms with Gasteiger partial charge in [0.05, 0.1) is 24.8 Å². The zero-order valence-corrected chi connectivity index (χ0v) is 12.3. The molecular formula is C15H18N2O5. The third-order valence-electron chi connectivity index (χ3n) is 3.72. The highest BCUT2D eigenvalue weighted by Crippen LogP contribution is 2.15. The van der Waals surface area contributed by atoms with Crippen molar-refractivity contribution in [3.63, 3.8) is 0 Å². The number of carbonyl (C=O) groups is 1. The summed E-state index contributed by atoms with van der Waals surface area (Å²) in [5.74, 6) is -0.795. The highest BCUT2D eigenvalue weighted by molar-refractivity contribution is 5.80. The van der Waals surface area contributed by atoms with Gasteiger partial charge in [-0.3, -0.25) is 9.36 Å². The number of hydrogen-bond acceptors (Lipinski definition) is 5. The van der Waals surface area contributed by atoms with Crippen LogP contribution in [0.3, 0.4) is 0 Å². The van der Waals surface area contributed by atoms with Gasteiger partial charge in [0.15, 0.2) is 5.58 Å². The lowest BCUT2D eigenvalue weighted by Gasteiger charge is -2.21. The van der Waals surface area contributed by atoms with Gasteiger partial charge in [-0.05, 0) is 24.6 Å². The minimum Gasteiger partial charge on any atom is -0.408 e. The van der Waals surface area contributed by atoms with E-state index < -0.39 is 11.9 Å². The Labute approximate surface area is 126 Å². The van der Waals surface area contributed by atoms with Crippen molar-refractivity contribution in [2.75, 3.05) is 26.3 Å². The molecule has 2 heterocycles. The molecule has 2 aromatic rings. The monoisotopic (exact) mass is 306 g/mol. The fraction of sp³-hybridized carbons (Fsp3) is 0.467. The van der Waals surface area contributed by atoms with Crippen LogP contribution in [0, 0.1) is 6.92 Å². The maximum atomic E-state index is 12.4. The summed E-state index contributed by atoms with van der Waals surface area (Å²) in [7, 11) is 0. The Morgan fingerprint density at radius 2 is 2.27 bits per heavy atom. The molecule has 1 unspecified atom stereocenters. The lowest BCUT2D eigenvalue weighted by atomic mass is 10.2. The second kappa shape index (κ2) is 5.94. The molecule has 22 heavy (non-hydrogen) atoms. The molecule has 1 aliphatic heterocycles. The van der Waals surface area contributed by atoms with Crippen molar-refractivity contribution in [2.24, 2.45) is 0 Å². The fourth-order valence-electron chi connectivity index (χ4n) is 2.58. The van der Waals surface area contributed by atoms with E-state index >= 15 is 0 Å². The van der Waals surface area contributed by atoms with Gasteiger partial charge in [-0.2, -0.15) is 0 Å². The van der Waals surface area contributed by atoms with E-state index in [0.717, 1.165) is 5.56 Å². The molecule has 1 amide bonds. The van der Waals surface area contributed by atoms with Crippen molar-refractivity contribution in [3.05, 3.63) is 34.3 Å². The van der Waals surface area contributed by atoms with E-state index in [9.17, 15) is 14.7 Å². The van der Waals surface area contributed by atoms with Crippen LogP contribution in [0.5, 0.6) is 0 Å². The van der Waals surface area contributed by atoms with E-state index in [0.29, 0.717) is 24.3 Å². The standard InChI is InChI=1S/C15H18N2O5/c1-10-2-3-13-12(6-10)17(15(20)22-13)8-14(19)16-4-5-21-9-11(18)7-16/h2-3,6,11,18H,4-5,7-9H2,1H3. The molecule has 7 heteroatoms. The van der Waals surface area contributed by atoms with Gasteiger partial charge in [-0.1, -0.05) is 6.07 Å². The number of aryl methyl sites for hydroxylation is 1. The van der Waals surface area contributed by atoms with Crippen LogP contribution in [-0.2, 0) is 16.1 Å². The minimum absolute atomic E-state index is 0.109. The summed E-state index contributed by atoms with van der Waals surface area (Å²) in [4.78, 5) is 25.9. The first-order valence-electron chi connectivity index (χ1n) is 7.18. The molecule has 7 nitrogen and oxygen atoms in total. The number of ether oxygens (including phenoxy) is 1. The third kappa shape index (κ3) is 2.90. The summed E-state index contributed by atoms with van der Waals surface area (Å²) in [6, 6.07) is 5.38. The Kier molecular flexibility index (Phi) is 4.00. The molecule has 1 fully saturated rings. The van der Waals surface area contributed by atoms with Crippen molar-refractivity contribution < 1.29 is 19.1 Å². The third-order valence-corrected chi connectivity index (χ3v) is 3.72. The number of aromatic nitrogens is 1. The summed E-state index contributed by atoms with van der Waals surface area (Å²) in [6.45, 7) is 3.01. The molecule has 1 atom stereocenters. The van der Waals surface area contributed by atoms with Crippen LogP contribution in [0.25, 0.3) is 11.1 Å². The van der Waals surface area contributed by atoms with Crippen molar-refractivity contribution >= 4 is 17.0 Å². The molecule has 1 saturated heterocycles. The Balaban J connectivity index is 1.86. The molecular weight excluding hydrogens is 288 g/mol. The van der Waals surface area contributed by atoms with Crippen molar-refractivity contribution in [1.29, 1.82) is 0 Å². The molecule has 0 spiro atoms. The van der Waals surface area contributed by atoms with E-state index in [1.807, 2.05) is 19.1 Å². The summed E-state index contributed by atoms with van der Waals surface area (Å²) in [5, 5.41) is 9.69. The number of aliphatic hydroxyl groups is 1. The molecule has 0 saturated carbocycles. The van der Waals surface area contributed by atoms with Crippen molar-refractivity contribution in [1.82, 2.24) is 9.47 Å². The summed E-state index contributed by atoms with van der Waals surface area (Å²) in [6.07, 6.45) is -0.702. The maximum Gasteiger partial charge on any atom is 0.420 e. The van der Waals surface area contributed by atoms with Crippen molar-refractivity contribution in [3.8, 4) is 0 Å². The number of rotatable bonds is 2. The number of fused-ring (bicyclic) bond motifs is 1. The molecule has 1 aromatic heterocycles. The lowest BCUT2D eigenvalue weighted by Crippen LogP contribution is -2.40. The van der Waals surface area contributed by atoms with E-state index in [2.05, 4.69) is 0 Å². The van der Waals surface area contributed by atoms with Crippen LogP contribution in [0.1, 0.15) is 5.56 Å². The lowest BCUT2D eigenvalue weighted by molar-refractivity contribution is -0.132. The zero-order valence-electron chi connectivity index (χ0n) is 12.3. The highest BCUT2D eigenvalue weighted by Gasteiger charge is 2.22. The van der Waals surface area contributed by atoms with E-state index in [1.165, 1.54) is 9.47 Å². The van der Waals surface area contributed by atoms with Gasteiger partial charge in [0.2, 0.25) is 5.91 Å². The number of β-amino-alcohol motifs (C(OH)–C–C–N with tert-alkyl or cyclic N) is 1. The Hall–Kier alpha value is -2.12. The van der Waals surface area contributed by atoms with E-state index in [1.54, 1.807) is 6.07 Å². The average Bonchev–Trinajstić information content (AvgIpc) is 2.65. The highest BCUT2D eigenvalue weighted by atomic mass is 16.5. The second-order valence-corrected chi connectivity index (χ2v) is 5.49. The Morgan fingerprint density at radius 1 is 1.45 bits per heavy atom. The van der Waals surface area contributed by atoms with Crippen LogP contribution < -0.4 is 5.76 Å². The van der Waals surface area contributed by atoms with Crippen LogP contribution >= 0.6 is 0 Å².